The molecule has 0 bridgehead atoms. The van der Waals surface area contributed by atoms with Crippen LogP contribution in [0.3, 0.4) is 0 Å². The predicted molar refractivity (Wildman–Crippen MR) is 119 cm³/mol. The number of aromatic amines is 1. The molecule has 1 aliphatic heterocycles. The van der Waals surface area contributed by atoms with Gasteiger partial charge in [0.15, 0.2) is 5.96 Å². The molecule has 1 aliphatic rings. The van der Waals surface area contributed by atoms with Gasteiger partial charge in [-0.1, -0.05) is 13.8 Å². The quantitative estimate of drug-likeness (QED) is 0.461. The largest absolute Gasteiger partial charge is 0.444 e. The van der Waals surface area contributed by atoms with Crippen LogP contribution in [0.4, 0.5) is 4.79 Å². The van der Waals surface area contributed by atoms with Gasteiger partial charge < -0.3 is 20.3 Å². The van der Waals surface area contributed by atoms with E-state index < -0.39 is 11.1 Å². The number of nitrogens with zero attached hydrogens (tertiary/aromatic N) is 4. The summed E-state index contributed by atoms with van der Waals surface area (Å²) in [4.78, 5) is 23.9. The number of piperidine rings is 1. The van der Waals surface area contributed by atoms with Crippen molar-refractivity contribution >= 4 is 12.1 Å². The fourth-order valence-corrected chi connectivity index (χ4v) is 3.64. The minimum absolute atomic E-state index is 0.390. The highest BCUT2D eigenvalue weighted by Gasteiger charge is 2.31. The van der Waals surface area contributed by atoms with Crippen LogP contribution in [0.1, 0.15) is 79.0 Å². The summed E-state index contributed by atoms with van der Waals surface area (Å²) in [5.41, 5.74) is -0.954. The molecule has 2 rings (SSSR count). The Bertz CT molecular complexity index is 670. The van der Waals surface area contributed by atoms with E-state index in [0.29, 0.717) is 12.5 Å². The number of rotatable bonds is 7. The molecular formula is C21H39N7O2. The van der Waals surface area contributed by atoms with Gasteiger partial charge in [-0.05, 0) is 53.4 Å². The van der Waals surface area contributed by atoms with Crippen LogP contribution in [0.15, 0.2) is 11.3 Å². The third-order valence-electron chi connectivity index (χ3n) is 5.60. The first-order valence-corrected chi connectivity index (χ1v) is 11.1. The van der Waals surface area contributed by atoms with E-state index in [-0.39, 0.29) is 6.09 Å². The molecule has 0 atom stereocenters. The van der Waals surface area contributed by atoms with E-state index in [1.165, 1.54) is 0 Å². The Morgan fingerprint density at radius 1 is 1.27 bits per heavy atom. The molecule has 9 heteroatoms. The molecule has 0 aliphatic carbocycles. The Morgan fingerprint density at radius 2 is 1.93 bits per heavy atom. The summed E-state index contributed by atoms with van der Waals surface area (Å²) < 4.78 is 5.48. The fraction of sp³-hybridized carbons (Fsp3) is 0.810. The van der Waals surface area contributed by atoms with Crippen LogP contribution < -0.4 is 10.6 Å². The number of hydrogen-bond donors (Lipinski definition) is 3. The number of guanidine groups is 1. The highest BCUT2D eigenvalue weighted by molar-refractivity contribution is 5.80. The van der Waals surface area contributed by atoms with Crippen LogP contribution in [-0.4, -0.2) is 69.5 Å². The number of amides is 1. The molecule has 0 aromatic carbocycles. The third kappa shape index (κ3) is 6.88. The van der Waals surface area contributed by atoms with E-state index in [0.717, 1.165) is 57.1 Å². The number of carbonyl (C=O) groups is 1. The zero-order valence-electron chi connectivity index (χ0n) is 19.4. The van der Waals surface area contributed by atoms with Crippen LogP contribution in [0.2, 0.25) is 0 Å². The number of likely N-dealkylation sites (tertiary alicyclic amines) is 1. The number of hydrogen-bond acceptors (Lipinski definition) is 5. The monoisotopic (exact) mass is 421 g/mol. The molecule has 0 unspecified atom stereocenters. The van der Waals surface area contributed by atoms with Gasteiger partial charge in [-0.15, -0.1) is 0 Å². The summed E-state index contributed by atoms with van der Waals surface area (Å²) in [7, 11) is 0. The Labute approximate surface area is 180 Å². The molecule has 30 heavy (non-hydrogen) atoms. The maximum absolute atomic E-state index is 12.4. The van der Waals surface area contributed by atoms with Crippen molar-refractivity contribution in [2.45, 2.75) is 84.3 Å². The summed E-state index contributed by atoms with van der Waals surface area (Å²) in [6, 6.07) is 0. The summed E-state index contributed by atoms with van der Waals surface area (Å²) in [5, 5.41) is 13.5. The smallest absolute Gasteiger partial charge is 0.408 e. The second-order valence-corrected chi connectivity index (χ2v) is 8.92. The SMILES string of the molecule is CCNC(=NCC(CC)(CC)NC(=O)OC(C)(C)C)N1CCC(c2ncn[nH]2)CC1. The van der Waals surface area contributed by atoms with E-state index in [9.17, 15) is 4.79 Å². The highest BCUT2D eigenvalue weighted by atomic mass is 16.6. The number of aliphatic imine (C=N–C) groups is 1. The average Bonchev–Trinajstić information content (AvgIpc) is 3.24. The van der Waals surface area contributed by atoms with E-state index in [1.807, 2.05) is 20.8 Å². The van der Waals surface area contributed by atoms with Crippen LogP contribution >= 0.6 is 0 Å². The van der Waals surface area contributed by atoms with Crippen molar-refractivity contribution < 1.29 is 9.53 Å². The highest BCUT2D eigenvalue weighted by Crippen LogP contribution is 2.25. The van der Waals surface area contributed by atoms with Gasteiger partial charge in [-0.25, -0.2) is 9.78 Å². The number of aromatic nitrogens is 3. The fourth-order valence-electron chi connectivity index (χ4n) is 3.64. The molecule has 0 radical (unpaired) electrons. The number of alkyl carbamates (subject to hydrolysis) is 1. The van der Waals surface area contributed by atoms with Gasteiger partial charge in [0.2, 0.25) is 0 Å². The predicted octanol–water partition coefficient (Wildman–Crippen LogP) is 3.03. The van der Waals surface area contributed by atoms with Gasteiger partial charge in [0, 0.05) is 25.6 Å². The van der Waals surface area contributed by atoms with Gasteiger partial charge in [0.25, 0.3) is 0 Å². The molecule has 1 fully saturated rings. The molecule has 9 nitrogen and oxygen atoms in total. The molecule has 1 aromatic heterocycles. The van der Waals surface area contributed by atoms with Crippen LogP contribution in [0.25, 0.3) is 0 Å². The maximum Gasteiger partial charge on any atom is 0.408 e. The van der Waals surface area contributed by atoms with E-state index in [4.69, 9.17) is 9.73 Å². The van der Waals surface area contributed by atoms with E-state index >= 15 is 0 Å². The molecule has 1 aromatic rings. The summed E-state index contributed by atoms with van der Waals surface area (Å²) in [6.07, 6.45) is 4.74. The molecule has 3 N–H and O–H groups in total. The molecule has 2 heterocycles. The van der Waals surface area contributed by atoms with Crippen molar-refractivity contribution in [1.29, 1.82) is 0 Å². The Kier molecular flexibility index (Phi) is 8.49. The first-order chi connectivity index (χ1) is 14.2. The third-order valence-corrected chi connectivity index (χ3v) is 5.60. The van der Waals surface area contributed by atoms with Crippen molar-refractivity contribution in [3.8, 4) is 0 Å². The van der Waals surface area contributed by atoms with E-state index in [1.54, 1.807) is 6.33 Å². The Morgan fingerprint density at radius 3 is 2.43 bits per heavy atom. The standard InChI is InChI=1S/C21H39N7O2/c1-7-21(8-2,26-19(29)30-20(4,5)6)14-23-18(22-9-3)28-12-10-16(11-13-28)17-24-15-25-27-17/h15-16H,7-14H2,1-6H3,(H,22,23)(H,26,29)(H,24,25,27). The molecule has 1 saturated heterocycles. The zero-order valence-corrected chi connectivity index (χ0v) is 19.4. The van der Waals surface area contributed by atoms with Gasteiger partial charge in [-0.2, -0.15) is 5.10 Å². The maximum atomic E-state index is 12.4. The lowest BCUT2D eigenvalue weighted by molar-refractivity contribution is 0.0451. The van der Waals surface area contributed by atoms with Crippen molar-refractivity contribution in [2.24, 2.45) is 4.99 Å². The summed E-state index contributed by atoms with van der Waals surface area (Å²) in [5.74, 6) is 2.27. The first-order valence-electron chi connectivity index (χ1n) is 11.1. The van der Waals surface area contributed by atoms with E-state index in [2.05, 4.69) is 51.5 Å². The number of H-pyrrole nitrogens is 1. The van der Waals surface area contributed by atoms with Crippen LogP contribution in [-0.2, 0) is 4.74 Å². The lowest BCUT2D eigenvalue weighted by atomic mass is 9.93. The van der Waals surface area contributed by atoms with Crippen LogP contribution in [0.5, 0.6) is 0 Å². The molecule has 170 valence electrons. The Hall–Kier alpha value is -2.32. The number of ether oxygens (including phenoxy) is 1. The van der Waals surface area contributed by atoms with Crippen molar-refractivity contribution in [3.63, 3.8) is 0 Å². The minimum atomic E-state index is -0.524. The lowest BCUT2D eigenvalue weighted by Gasteiger charge is -2.35. The Balaban J connectivity index is 2.04. The molecular weight excluding hydrogens is 382 g/mol. The second kappa shape index (κ2) is 10.6. The average molecular weight is 422 g/mol. The van der Waals surface area contributed by atoms with Gasteiger partial charge in [0.1, 0.15) is 17.8 Å². The first kappa shape index (κ1) is 24.0. The van der Waals surface area contributed by atoms with Crippen molar-refractivity contribution in [2.75, 3.05) is 26.2 Å². The topological polar surface area (TPSA) is 108 Å². The lowest BCUT2D eigenvalue weighted by Crippen LogP contribution is -2.52. The number of carbonyl (C=O) groups excluding carboxylic acids is 1. The number of nitrogens with one attached hydrogen (secondary N) is 3. The van der Waals surface area contributed by atoms with Gasteiger partial charge in [0.05, 0.1) is 12.1 Å². The van der Waals surface area contributed by atoms with Crippen LogP contribution in [0, 0.1) is 0 Å². The summed E-state index contributed by atoms with van der Waals surface area (Å²) in [6.45, 7) is 14.9. The summed E-state index contributed by atoms with van der Waals surface area (Å²) >= 11 is 0. The molecule has 1 amide bonds. The second-order valence-electron chi connectivity index (χ2n) is 8.92. The minimum Gasteiger partial charge on any atom is -0.444 e. The normalized spacial score (nSPS) is 16.5. The van der Waals surface area contributed by atoms with Crippen molar-refractivity contribution in [3.05, 3.63) is 12.2 Å². The van der Waals surface area contributed by atoms with Gasteiger partial charge >= 0.3 is 6.09 Å². The van der Waals surface area contributed by atoms with Gasteiger partial charge in [-0.3, -0.25) is 10.1 Å². The van der Waals surface area contributed by atoms with Crippen molar-refractivity contribution in [1.82, 2.24) is 30.7 Å². The molecule has 0 saturated carbocycles. The zero-order chi connectivity index (χ0) is 22.2. The molecule has 0 spiro atoms.